The standard InChI is InChI=1S/C14H20F3N3/c1-19(2)12-5-6-20(9-12)8-10-7-11(18)3-4-13(10)14(15,16)17/h3-4,7,12H,5-6,8-9,18H2,1-2H3. The molecule has 2 N–H and O–H groups in total. The predicted molar refractivity (Wildman–Crippen MR) is 73.2 cm³/mol. The van der Waals surface area contributed by atoms with Crippen LogP contribution in [0, 0.1) is 0 Å². The third-order valence-corrected chi connectivity index (χ3v) is 3.81. The third kappa shape index (κ3) is 3.43. The van der Waals surface area contributed by atoms with E-state index in [2.05, 4.69) is 9.80 Å². The van der Waals surface area contributed by atoms with E-state index in [1.165, 1.54) is 12.1 Å². The van der Waals surface area contributed by atoms with Gasteiger partial charge in [-0.05, 0) is 44.3 Å². The highest BCUT2D eigenvalue weighted by atomic mass is 19.4. The molecule has 0 bridgehead atoms. The minimum absolute atomic E-state index is 0.261. The van der Waals surface area contributed by atoms with E-state index in [1.54, 1.807) is 0 Å². The Hall–Kier alpha value is -1.27. The van der Waals surface area contributed by atoms with Gasteiger partial charge in [-0.2, -0.15) is 13.2 Å². The van der Waals surface area contributed by atoms with Crippen LogP contribution in [0.3, 0.4) is 0 Å². The van der Waals surface area contributed by atoms with Crippen molar-refractivity contribution in [2.45, 2.75) is 25.2 Å². The smallest absolute Gasteiger partial charge is 0.399 e. The van der Waals surface area contributed by atoms with Crippen LogP contribution < -0.4 is 5.73 Å². The second-order valence-corrected chi connectivity index (χ2v) is 5.56. The molecule has 1 atom stereocenters. The minimum Gasteiger partial charge on any atom is -0.399 e. The zero-order valence-electron chi connectivity index (χ0n) is 11.7. The Bertz CT molecular complexity index is 471. The van der Waals surface area contributed by atoms with E-state index < -0.39 is 11.7 Å². The first-order chi connectivity index (χ1) is 9.27. The average molecular weight is 287 g/mol. The molecule has 1 unspecified atom stereocenters. The maximum Gasteiger partial charge on any atom is 0.416 e. The van der Waals surface area contributed by atoms with E-state index in [0.717, 1.165) is 25.6 Å². The Morgan fingerprint density at radius 3 is 2.60 bits per heavy atom. The Morgan fingerprint density at radius 1 is 1.35 bits per heavy atom. The largest absolute Gasteiger partial charge is 0.416 e. The number of nitrogens with two attached hydrogens (primary N) is 1. The highest BCUT2D eigenvalue weighted by molar-refractivity contribution is 5.45. The molecule has 0 radical (unpaired) electrons. The SMILES string of the molecule is CN(C)C1CCN(Cc2cc(N)ccc2C(F)(F)F)C1. The molecule has 1 saturated heterocycles. The van der Waals surface area contributed by atoms with Gasteiger partial charge < -0.3 is 10.6 Å². The zero-order chi connectivity index (χ0) is 14.9. The van der Waals surface area contributed by atoms with Gasteiger partial charge in [-0.3, -0.25) is 4.90 Å². The Kier molecular flexibility index (Phi) is 4.25. The number of likely N-dealkylation sites (N-methyl/N-ethyl adjacent to an activating group) is 1. The molecule has 1 aliphatic heterocycles. The van der Waals surface area contributed by atoms with Crippen LogP contribution in [0.4, 0.5) is 18.9 Å². The molecule has 0 aliphatic carbocycles. The quantitative estimate of drug-likeness (QED) is 0.867. The number of rotatable bonds is 3. The second-order valence-electron chi connectivity index (χ2n) is 5.56. The second kappa shape index (κ2) is 5.61. The van der Waals surface area contributed by atoms with Crippen molar-refractivity contribution in [3.05, 3.63) is 29.3 Å². The van der Waals surface area contributed by atoms with E-state index in [0.29, 0.717) is 18.3 Å². The fourth-order valence-electron chi connectivity index (χ4n) is 2.64. The van der Waals surface area contributed by atoms with Gasteiger partial charge in [0.1, 0.15) is 0 Å². The number of likely N-dealkylation sites (tertiary alicyclic amines) is 1. The van der Waals surface area contributed by atoms with E-state index in [1.807, 2.05) is 14.1 Å². The summed E-state index contributed by atoms with van der Waals surface area (Å²) >= 11 is 0. The van der Waals surface area contributed by atoms with E-state index in [9.17, 15) is 13.2 Å². The number of nitrogens with zero attached hydrogens (tertiary/aromatic N) is 2. The van der Waals surface area contributed by atoms with Crippen LogP contribution in [0.5, 0.6) is 0 Å². The highest BCUT2D eigenvalue weighted by Crippen LogP contribution is 2.34. The van der Waals surface area contributed by atoms with Crippen LogP contribution in [0.25, 0.3) is 0 Å². The number of hydrogen-bond acceptors (Lipinski definition) is 3. The van der Waals surface area contributed by atoms with Crippen molar-refractivity contribution in [1.29, 1.82) is 0 Å². The molecule has 1 aromatic carbocycles. The van der Waals surface area contributed by atoms with Crippen LogP contribution in [0.15, 0.2) is 18.2 Å². The molecular formula is C14H20F3N3. The van der Waals surface area contributed by atoms with Gasteiger partial charge in [-0.15, -0.1) is 0 Å². The maximum atomic E-state index is 13.0. The van der Waals surface area contributed by atoms with Gasteiger partial charge >= 0.3 is 6.18 Å². The van der Waals surface area contributed by atoms with E-state index in [-0.39, 0.29) is 5.56 Å². The lowest BCUT2D eigenvalue weighted by Gasteiger charge is -2.22. The highest BCUT2D eigenvalue weighted by Gasteiger charge is 2.34. The molecule has 1 heterocycles. The summed E-state index contributed by atoms with van der Waals surface area (Å²) < 4.78 is 39.0. The van der Waals surface area contributed by atoms with Crippen LogP contribution in [0.2, 0.25) is 0 Å². The molecule has 2 rings (SSSR count). The number of benzene rings is 1. The van der Waals surface area contributed by atoms with Gasteiger partial charge in [0, 0.05) is 31.4 Å². The maximum absolute atomic E-state index is 13.0. The molecule has 112 valence electrons. The number of alkyl halides is 3. The summed E-state index contributed by atoms with van der Waals surface area (Å²) in [6.07, 6.45) is -3.35. The molecule has 6 heteroatoms. The number of nitrogen functional groups attached to an aromatic ring is 1. The van der Waals surface area contributed by atoms with Crippen molar-refractivity contribution in [3.8, 4) is 0 Å². The Balaban J connectivity index is 2.15. The molecule has 1 aliphatic rings. The van der Waals surface area contributed by atoms with Crippen molar-refractivity contribution in [1.82, 2.24) is 9.80 Å². The molecule has 0 amide bonds. The lowest BCUT2D eigenvalue weighted by molar-refractivity contribution is -0.138. The van der Waals surface area contributed by atoms with Crippen molar-refractivity contribution in [2.75, 3.05) is 32.9 Å². The first-order valence-corrected chi connectivity index (χ1v) is 6.62. The number of anilines is 1. The molecule has 3 nitrogen and oxygen atoms in total. The van der Waals surface area contributed by atoms with Crippen LogP contribution in [-0.2, 0) is 12.7 Å². The lowest BCUT2D eigenvalue weighted by Crippen LogP contribution is -2.31. The summed E-state index contributed by atoms with van der Waals surface area (Å²) in [6.45, 7) is 1.90. The van der Waals surface area contributed by atoms with Gasteiger partial charge in [0.05, 0.1) is 5.56 Å². The van der Waals surface area contributed by atoms with Gasteiger partial charge in [0.15, 0.2) is 0 Å². The molecule has 0 aromatic heterocycles. The van der Waals surface area contributed by atoms with Crippen molar-refractivity contribution < 1.29 is 13.2 Å². The van der Waals surface area contributed by atoms with Gasteiger partial charge in [-0.25, -0.2) is 0 Å². The summed E-state index contributed by atoms with van der Waals surface area (Å²) in [5.74, 6) is 0. The van der Waals surface area contributed by atoms with E-state index >= 15 is 0 Å². The normalized spacial score (nSPS) is 20.8. The average Bonchev–Trinajstić information content (AvgIpc) is 2.76. The van der Waals surface area contributed by atoms with Gasteiger partial charge in [0.25, 0.3) is 0 Å². The van der Waals surface area contributed by atoms with Crippen molar-refractivity contribution >= 4 is 5.69 Å². The molecular weight excluding hydrogens is 267 g/mol. The topological polar surface area (TPSA) is 32.5 Å². The Morgan fingerprint density at radius 2 is 2.05 bits per heavy atom. The van der Waals surface area contributed by atoms with Gasteiger partial charge in [0.2, 0.25) is 0 Å². The zero-order valence-corrected chi connectivity index (χ0v) is 11.7. The summed E-state index contributed by atoms with van der Waals surface area (Å²) in [6, 6.07) is 4.22. The molecule has 1 fully saturated rings. The first kappa shape index (κ1) is 15.1. The predicted octanol–water partition coefficient (Wildman–Crippen LogP) is 2.42. The monoisotopic (exact) mass is 287 g/mol. The van der Waals surface area contributed by atoms with Gasteiger partial charge in [-0.1, -0.05) is 0 Å². The molecule has 1 aromatic rings. The van der Waals surface area contributed by atoms with Crippen LogP contribution in [-0.4, -0.2) is 43.0 Å². The first-order valence-electron chi connectivity index (χ1n) is 6.62. The fourth-order valence-corrected chi connectivity index (χ4v) is 2.64. The van der Waals surface area contributed by atoms with Crippen LogP contribution in [0.1, 0.15) is 17.5 Å². The summed E-state index contributed by atoms with van der Waals surface area (Å²) in [4.78, 5) is 4.17. The summed E-state index contributed by atoms with van der Waals surface area (Å²) in [7, 11) is 3.99. The fraction of sp³-hybridized carbons (Fsp3) is 0.571. The van der Waals surface area contributed by atoms with E-state index in [4.69, 9.17) is 5.73 Å². The molecule has 20 heavy (non-hydrogen) atoms. The Labute approximate surface area is 117 Å². The third-order valence-electron chi connectivity index (χ3n) is 3.81. The molecule has 0 saturated carbocycles. The number of halogens is 3. The number of hydrogen-bond donors (Lipinski definition) is 1. The molecule has 0 spiro atoms. The van der Waals surface area contributed by atoms with Crippen molar-refractivity contribution in [2.24, 2.45) is 0 Å². The lowest BCUT2D eigenvalue weighted by atomic mass is 10.1. The van der Waals surface area contributed by atoms with Crippen molar-refractivity contribution in [3.63, 3.8) is 0 Å². The summed E-state index contributed by atoms with van der Waals surface area (Å²) in [5, 5.41) is 0. The van der Waals surface area contributed by atoms with Crippen LogP contribution >= 0.6 is 0 Å². The summed E-state index contributed by atoms with van der Waals surface area (Å²) in [5.41, 5.74) is 5.68. The minimum atomic E-state index is -4.33.